The molecule has 13 heavy (non-hydrogen) atoms. The molecule has 0 spiro atoms. The van der Waals surface area contributed by atoms with E-state index in [1.54, 1.807) is 0 Å². The maximum absolute atomic E-state index is 4.44. The van der Waals surface area contributed by atoms with Gasteiger partial charge in [-0.25, -0.2) is 4.98 Å². The fraction of sp³-hybridized carbons (Fsp3) is 0.667. The molecule has 0 N–H and O–H groups in total. The molecule has 1 aliphatic carbocycles. The van der Waals surface area contributed by atoms with Crippen molar-refractivity contribution in [2.45, 2.75) is 32.7 Å². The second-order valence-corrected chi connectivity index (χ2v) is 5.02. The van der Waals surface area contributed by atoms with Gasteiger partial charge < -0.3 is 4.57 Å². The molecule has 0 atom stereocenters. The highest BCUT2D eigenvalue weighted by Gasteiger charge is 2.24. The van der Waals surface area contributed by atoms with Crippen molar-refractivity contribution in [3.8, 4) is 0 Å². The predicted octanol–water partition coefficient (Wildman–Crippen LogP) is 3.38. The van der Waals surface area contributed by atoms with Crippen LogP contribution < -0.4 is 0 Å². The summed E-state index contributed by atoms with van der Waals surface area (Å²) in [6, 6.07) is 0. The highest BCUT2D eigenvalue weighted by Crippen LogP contribution is 2.34. The molecule has 0 aliphatic heterocycles. The molecule has 1 fully saturated rings. The minimum absolute atomic E-state index is 0.891. The normalized spacial score (nSPS) is 16.5. The van der Waals surface area contributed by atoms with Crippen molar-refractivity contribution in [3.05, 3.63) is 15.0 Å². The van der Waals surface area contributed by atoms with Crippen LogP contribution in [0.2, 0.25) is 0 Å². The zero-order chi connectivity index (χ0) is 9.42. The molecule has 2 nitrogen and oxygen atoms in total. The summed E-state index contributed by atoms with van der Waals surface area (Å²) in [5.41, 5.74) is 0. The van der Waals surface area contributed by atoms with Gasteiger partial charge in [0.15, 0.2) is 0 Å². The average Bonchev–Trinajstić information content (AvgIpc) is 2.88. The summed E-state index contributed by atoms with van der Waals surface area (Å²) in [4.78, 5) is 4.44. The molecule has 0 unspecified atom stereocenters. The van der Waals surface area contributed by atoms with Crippen molar-refractivity contribution in [1.29, 1.82) is 0 Å². The fourth-order valence-corrected chi connectivity index (χ4v) is 2.32. The molecule has 1 heterocycles. The molecule has 0 aromatic carbocycles. The van der Waals surface area contributed by atoms with Gasteiger partial charge in [0.05, 0.1) is 0 Å². The Morgan fingerprint density at radius 3 is 2.69 bits per heavy atom. The number of aromatic nitrogens is 2. The van der Waals surface area contributed by atoms with Gasteiger partial charge in [0.2, 0.25) is 0 Å². The van der Waals surface area contributed by atoms with Gasteiger partial charge in [-0.05, 0) is 50.6 Å². The predicted molar refractivity (Wildman–Crippen MR) is 59.7 cm³/mol. The van der Waals surface area contributed by atoms with Crippen molar-refractivity contribution >= 4 is 31.9 Å². The number of halogens is 2. The molecule has 1 aromatic heterocycles. The van der Waals surface area contributed by atoms with Crippen LogP contribution in [0.15, 0.2) is 9.21 Å². The highest BCUT2D eigenvalue weighted by molar-refractivity contribution is 9.13. The number of rotatable bonds is 3. The van der Waals surface area contributed by atoms with Crippen molar-refractivity contribution in [2.75, 3.05) is 0 Å². The Kier molecular flexibility index (Phi) is 2.79. The van der Waals surface area contributed by atoms with E-state index in [9.17, 15) is 0 Å². The first-order valence-corrected chi connectivity index (χ1v) is 6.21. The Hall–Kier alpha value is 0.170. The summed E-state index contributed by atoms with van der Waals surface area (Å²) >= 11 is 6.99. The van der Waals surface area contributed by atoms with Crippen LogP contribution in [-0.4, -0.2) is 9.55 Å². The Morgan fingerprint density at radius 1 is 1.46 bits per heavy atom. The third kappa shape index (κ3) is 1.99. The summed E-state index contributed by atoms with van der Waals surface area (Å²) in [5.74, 6) is 2.06. The molecule has 0 saturated heterocycles. The molecule has 1 aliphatic rings. The minimum atomic E-state index is 0.891. The lowest BCUT2D eigenvalue weighted by molar-refractivity contribution is 0.590. The number of imidazole rings is 1. The van der Waals surface area contributed by atoms with Crippen molar-refractivity contribution in [3.63, 3.8) is 0 Å². The molecule has 0 amide bonds. The van der Waals surface area contributed by atoms with Crippen LogP contribution in [0.1, 0.15) is 25.6 Å². The number of nitrogens with zero attached hydrogens (tertiary/aromatic N) is 2. The van der Waals surface area contributed by atoms with E-state index in [4.69, 9.17) is 0 Å². The van der Waals surface area contributed by atoms with E-state index in [-0.39, 0.29) is 0 Å². The van der Waals surface area contributed by atoms with Crippen molar-refractivity contribution in [1.82, 2.24) is 9.55 Å². The molecule has 0 radical (unpaired) electrons. The zero-order valence-corrected chi connectivity index (χ0v) is 10.7. The number of hydrogen-bond acceptors (Lipinski definition) is 1. The zero-order valence-electron chi connectivity index (χ0n) is 7.56. The molecule has 72 valence electrons. The monoisotopic (exact) mass is 306 g/mol. The Labute approximate surface area is 95.0 Å². The van der Waals surface area contributed by atoms with Gasteiger partial charge in [0.25, 0.3) is 0 Å². The van der Waals surface area contributed by atoms with Crippen molar-refractivity contribution in [2.24, 2.45) is 5.92 Å². The largest absolute Gasteiger partial charge is 0.322 e. The van der Waals surface area contributed by atoms with Crippen LogP contribution in [0.25, 0.3) is 0 Å². The van der Waals surface area contributed by atoms with Gasteiger partial charge in [-0.2, -0.15) is 0 Å². The lowest BCUT2D eigenvalue weighted by Crippen LogP contribution is -2.04. The minimum Gasteiger partial charge on any atom is -0.322 e. The van der Waals surface area contributed by atoms with E-state index in [0.29, 0.717) is 0 Å². The maximum Gasteiger partial charge on any atom is 0.139 e. The molecular weight excluding hydrogens is 296 g/mol. The van der Waals surface area contributed by atoms with Gasteiger partial charge >= 0.3 is 0 Å². The van der Waals surface area contributed by atoms with E-state index in [2.05, 4.69) is 48.3 Å². The fourth-order valence-electron chi connectivity index (χ4n) is 1.46. The summed E-state index contributed by atoms with van der Waals surface area (Å²) in [6.45, 7) is 3.27. The van der Waals surface area contributed by atoms with Gasteiger partial charge in [-0.1, -0.05) is 6.92 Å². The van der Waals surface area contributed by atoms with Gasteiger partial charge in [-0.3, -0.25) is 0 Å². The first-order valence-electron chi connectivity index (χ1n) is 4.62. The second kappa shape index (κ2) is 3.73. The topological polar surface area (TPSA) is 17.8 Å². The van der Waals surface area contributed by atoms with E-state index in [0.717, 1.165) is 28.1 Å². The number of hydrogen-bond donors (Lipinski definition) is 0. The second-order valence-electron chi connectivity index (χ2n) is 3.52. The first-order chi connectivity index (χ1) is 6.22. The van der Waals surface area contributed by atoms with Crippen LogP contribution in [0.5, 0.6) is 0 Å². The molecule has 2 rings (SSSR count). The quantitative estimate of drug-likeness (QED) is 0.837. The lowest BCUT2D eigenvalue weighted by Gasteiger charge is -2.05. The molecule has 0 bridgehead atoms. The molecule has 1 saturated carbocycles. The summed E-state index contributed by atoms with van der Waals surface area (Å²) in [5, 5.41) is 0. The highest BCUT2D eigenvalue weighted by atomic mass is 79.9. The molecule has 4 heteroatoms. The third-order valence-electron chi connectivity index (χ3n) is 2.40. The third-order valence-corrected chi connectivity index (χ3v) is 4.29. The standard InChI is InChI=1S/C9H12Br2N2/c1-2-7-12-8(10)9(11)13(7)5-6-3-4-6/h6H,2-5H2,1H3. The van der Waals surface area contributed by atoms with E-state index < -0.39 is 0 Å². The average molecular weight is 308 g/mol. The van der Waals surface area contributed by atoms with E-state index in [1.165, 1.54) is 18.7 Å². The summed E-state index contributed by atoms with van der Waals surface area (Å²) in [6.07, 6.45) is 3.76. The smallest absolute Gasteiger partial charge is 0.139 e. The Morgan fingerprint density at radius 2 is 2.15 bits per heavy atom. The summed E-state index contributed by atoms with van der Waals surface area (Å²) in [7, 11) is 0. The SMILES string of the molecule is CCc1nc(Br)c(Br)n1CC1CC1. The molecule has 1 aromatic rings. The van der Waals surface area contributed by atoms with E-state index >= 15 is 0 Å². The van der Waals surface area contributed by atoms with Crippen LogP contribution in [0, 0.1) is 5.92 Å². The number of aryl methyl sites for hydroxylation is 1. The van der Waals surface area contributed by atoms with Gasteiger partial charge in [0.1, 0.15) is 15.0 Å². The van der Waals surface area contributed by atoms with Crippen LogP contribution in [-0.2, 0) is 13.0 Å². The van der Waals surface area contributed by atoms with Crippen LogP contribution >= 0.6 is 31.9 Å². The van der Waals surface area contributed by atoms with Gasteiger partial charge in [-0.15, -0.1) is 0 Å². The first kappa shape index (κ1) is 9.71. The van der Waals surface area contributed by atoms with E-state index in [1.807, 2.05) is 0 Å². The summed E-state index contributed by atoms with van der Waals surface area (Å²) < 4.78 is 4.31. The van der Waals surface area contributed by atoms with Crippen LogP contribution in [0.3, 0.4) is 0 Å². The molecular formula is C9H12Br2N2. The Balaban J connectivity index is 2.27. The van der Waals surface area contributed by atoms with Gasteiger partial charge in [0, 0.05) is 13.0 Å². The van der Waals surface area contributed by atoms with Crippen molar-refractivity contribution < 1.29 is 0 Å². The lowest BCUT2D eigenvalue weighted by atomic mass is 10.4. The maximum atomic E-state index is 4.44. The van der Waals surface area contributed by atoms with Crippen LogP contribution in [0.4, 0.5) is 0 Å². The Bertz CT molecular complexity index is 316.